The molecule has 3 heteroatoms. The van der Waals surface area contributed by atoms with Gasteiger partial charge in [0.25, 0.3) is 0 Å². The Kier molecular flexibility index (Phi) is 13.3. The summed E-state index contributed by atoms with van der Waals surface area (Å²) >= 11 is 1.06. The van der Waals surface area contributed by atoms with E-state index in [1.54, 1.807) is 0 Å². The van der Waals surface area contributed by atoms with Gasteiger partial charge in [0.05, 0.1) is 0 Å². The van der Waals surface area contributed by atoms with E-state index in [1.165, 1.54) is 44.5 Å². The summed E-state index contributed by atoms with van der Waals surface area (Å²) in [6, 6.07) is 21.4. The normalized spacial score (nSPS) is 12.5. The molecule has 0 spiro atoms. The SMILES string of the molecule is CC(C)(C)c1[c-]c2c(cc1C(C)(C)C)-c1cc(C(C)(C)C)c(C(C)(C)C)cc1C2.[CH2]=[Hf+2].[Cl-].[Cl-].c1cc[cH-]c1. The first-order valence-electron chi connectivity index (χ1n) is 13.2. The van der Waals surface area contributed by atoms with Crippen molar-refractivity contribution in [2.24, 2.45) is 0 Å². The van der Waals surface area contributed by atoms with Crippen LogP contribution >= 0.6 is 0 Å². The fraction of sp³-hybridized carbons (Fsp3) is 0.486. The fourth-order valence-electron chi connectivity index (χ4n) is 4.95. The van der Waals surface area contributed by atoms with Crippen molar-refractivity contribution in [1.29, 1.82) is 0 Å². The van der Waals surface area contributed by atoms with Crippen LogP contribution in [0.5, 0.6) is 0 Å². The van der Waals surface area contributed by atoms with Crippen molar-refractivity contribution < 1.29 is 48.7 Å². The van der Waals surface area contributed by atoms with Crippen molar-refractivity contribution in [1.82, 2.24) is 0 Å². The Labute approximate surface area is 261 Å². The zero-order chi connectivity index (χ0) is 27.7. The number of hydrogen-bond donors (Lipinski definition) is 0. The molecule has 0 N–H and O–H groups in total. The minimum Gasteiger partial charge on any atom is -1.00 e. The number of halogens is 2. The molecular weight excluding hydrogens is 670 g/mol. The van der Waals surface area contributed by atoms with Crippen LogP contribution in [0.25, 0.3) is 11.1 Å². The van der Waals surface area contributed by atoms with Gasteiger partial charge in [-0.15, -0.1) is 16.7 Å². The van der Waals surface area contributed by atoms with Gasteiger partial charge in [-0.25, -0.2) is 12.1 Å². The molecule has 1 aliphatic rings. The number of rotatable bonds is 0. The van der Waals surface area contributed by atoms with Gasteiger partial charge in [-0.1, -0.05) is 106 Å². The Morgan fingerprint density at radius 3 is 1.42 bits per heavy atom. The molecule has 0 nitrogen and oxygen atoms in total. The standard InChI is InChI=1S/C29H41.C5H5.CH2.2ClH.Hf/c1-26(2,3)22-14-18-13-19-15-23(27(4,5)6)25(29(10,11)12)17-21(19)20(18)16-24(22)28(7,8)9;1-2-4-5-3-1;;;;/h14,16-17H,13H2,1-12H3;1-5H;1H2;2*1H;/q2*-1;;;;+2/p-2. The minimum atomic E-state index is 0. The molecule has 0 aromatic heterocycles. The van der Waals surface area contributed by atoms with E-state index in [2.05, 4.69) is 112 Å². The molecule has 3 aromatic rings. The summed E-state index contributed by atoms with van der Waals surface area (Å²) < 4.78 is 3.39. The maximum Gasteiger partial charge on any atom is -0.172 e. The number of benzene rings is 2. The Balaban J connectivity index is 0.00000134. The van der Waals surface area contributed by atoms with Gasteiger partial charge in [-0.2, -0.15) is 35.9 Å². The van der Waals surface area contributed by atoms with Crippen LogP contribution < -0.4 is 24.8 Å². The molecule has 0 fully saturated rings. The quantitative estimate of drug-likeness (QED) is 0.193. The second-order valence-electron chi connectivity index (χ2n) is 14.1. The van der Waals surface area contributed by atoms with E-state index in [4.69, 9.17) is 0 Å². The van der Waals surface area contributed by atoms with Crippen LogP contribution in [0.1, 0.15) is 116 Å². The van der Waals surface area contributed by atoms with Crippen molar-refractivity contribution in [3.05, 3.63) is 88.0 Å². The Hall–Kier alpha value is -0.890. The summed E-state index contributed by atoms with van der Waals surface area (Å²) in [5, 5.41) is 0. The van der Waals surface area contributed by atoms with Crippen molar-refractivity contribution in [3.63, 3.8) is 0 Å². The molecule has 38 heavy (non-hydrogen) atoms. The molecule has 0 saturated heterocycles. The van der Waals surface area contributed by atoms with E-state index in [1.807, 2.05) is 30.3 Å². The molecule has 208 valence electrons. The second kappa shape index (κ2) is 13.6. The molecule has 0 aliphatic heterocycles. The van der Waals surface area contributed by atoms with Crippen LogP contribution in [-0.4, -0.2) is 4.26 Å². The predicted molar refractivity (Wildman–Crippen MR) is 157 cm³/mol. The topological polar surface area (TPSA) is 0 Å². The molecule has 0 atom stereocenters. The van der Waals surface area contributed by atoms with Crippen LogP contribution in [-0.2, 0) is 52.0 Å². The third kappa shape index (κ3) is 8.81. The largest absolute Gasteiger partial charge is 1.00 e. The molecule has 3 aromatic carbocycles. The van der Waals surface area contributed by atoms with Gasteiger partial charge in [0.2, 0.25) is 0 Å². The summed E-state index contributed by atoms with van der Waals surface area (Å²) in [4.78, 5) is 0. The second-order valence-corrected chi connectivity index (χ2v) is 14.1. The van der Waals surface area contributed by atoms with Crippen molar-refractivity contribution in [3.8, 4) is 11.1 Å². The molecule has 0 saturated carbocycles. The third-order valence-corrected chi connectivity index (χ3v) is 6.79. The first-order valence-corrected chi connectivity index (χ1v) is 15.7. The van der Waals surface area contributed by atoms with Crippen LogP contribution in [0.2, 0.25) is 0 Å². The fourth-order valence-corrected chi connectivity index (χ4v) is 4.95. The van der Waals surface area contributed by atoms with Gasteiger partial charge in [-0.3, -0.25) is 0 Å². The Morgan fingerprint density at radius 2 is 1.05 bits per heavy atom. The molecule has 0 unspecified atom stereocenters. The molecule has 1 aliphatic carbocycles. The van der Waals surface area contributed by atoms with Crippen molar-refractivity contribution >= 4 is 4.26 Å². The summed E-state index contributed by atoms with van der Waals surface area (Å²) in [5.41, 5.74) is 11.9. The smallest absolute Gasteiger partial charge is 0.172 e. The Morgan fingerprint density at radius 1 is 0.632 bits per heavy atom. The van der Waals surface area contributed by atoms with E-state index in [-0.39, 0.29) is 46.5 Å². The van der Waals surface area contributed by atoms with E-state index >= 15 is 0 Å². The maximum atomic E-state index is 3.90. The average molecular weight is 718 g/mol. The Bertz CT molecular complexity index is 1060. The number of hydrogen-bond acceptors (Lipinski definition) is 0. The summed E-state index contributed by atoms with van der Waals surface area (Å²) in [6.45, 7) is 28.0. The molecular formula is C35H48Cl2Hf-2. The van der Waals surface area contributed by atoms with Crippen LogP contribution in [0.15, 0.2) is 48.5 Å². The third-order valence-electron chi connectivity index (χ3n) is 6.79. The van der Waals surface area contributed by atoms with E-state index < -0.39 is 0 Å². The van der Waals surface area contributed by atoms with Gasteiger partial charge in [0.15, 0.2) is 0 Å². The van der Waals surface area contributed by atoms with Crippen LogP contribution in [0.3, 0.4) is 0 Å². The van der Waals surface area contributed by atoms with Gasteiger partial charge >= 0.3 is 28.2 Å². The first kappa shape index (κ1) is 37.1. The molecule has 0 amide bonds. The molecule has 0 heterocycles. The first-order chi connectivity index (χ1) is 16.4. The zero-order valence-electron chi connectivity index (χ0n) is 25.8. The van der Waals surface area contributed by atoms with Gasteiger partial charge in [-0.05, 0) is 39.4 Å². The van der Waals surface area contributed by atoms with Crippen molar-refractivity contribution in [2.45, 2.75) is 111 Å². The van der Waals surface area contributed by atoms with Crippen LogP contribution in [0.4, 0.5) is 0 Å². The van der Waals surface area contributed by atoms with Crippen LogP contribution in [0, 0.1) is 6.07 Å². The molecule has 0 bridgehead atoms. The van der Waals surface area contributed by atoms with E-state index in [9.17, 15) is 0 Å². The number of fused-ring (bicyclic) bond motifs is 3. The van der Waals surface area contributed by atoms with Crippen molar-refractivity contribution in [2.75, 3.05) is 0 Å². The van der Waals surface area contributed by atoms with Gasteiger partial charge < -0.3 is 24.8 Å². The average Bonchev–Trinajstić information content (AvgIpc) is 3.42. The monoisotopic (exact) mass is 718 g/mol. The zero-order valence-corrected chi connectivity index (χ0v) is 30.9. The van der Waals surface area contributed by atoms with E-state index in [0.717, 1.165) is 30.3 Å². The van der Waals surface area contributed by atoms with Gasteiger partial charge in [0, 0.05) is 0 Å². The minimum absolute atomic E-state index is 0. The maximum absolute atomic E-state index is 3.90. The molecule has 4 rings (SSSR count). The van der Waals surface area contributed by atoms with Gasteiger partial charge in [0.1, 0.15) is 0 Å². The molecule has 0 radical (unpaired) electrons. The summed E-state index contributed by atoms with van der Waals surface area (Å²) in [6.07, 6.45) is 1.01. The van der Waals surface area contributed by atoms with E-state index in [0.29, 0.717) is 0 Å². The summed E-state index contributed by atoms with van der Waals surface area (Å²) in [5.74, 6) is 0. The summed E-state index contributed by atoms with van der Waals surface area (Å²) in [7, 11) is 0. The predicted octanol–water partition coefficient (Wildman–Crippen LogP) is 3.63.